The molecule has 116 valence electrons. The minimum atomic E-state index is -0.335. The van der Waals surface area contributed by atoms with Crippen LogP contribution in [0.25, 0.3) is 11.3 Å². The van der Waals surface area contributed by atoms with E-state index in [1.807, 2.05) is 26.0 Å². The highest BCUT2D eigenvalue weighted by molar-refractivity contribution is 5.63. The fourth-order valence-electron chi connectivity index (χ4n) is 2.59. The highest BCUT2D eigenvalue weighted by atomic mass is 19.1. The van der Waals surface area contributed by atoms with Gasteiger partial charge in [0.25, 0.3) is 5.56 Å². The highest BCUT2D eigenvalue weighted by Crippen LogP contribution is 2.21. The standard InChI is InChI=1S/C19H17FN2O/c1-13-7-8-16(14(2)11-13)18-9-10-19(23)22(21-18)12-15-5-3-4-6-17(15)20/h3-11H,12H2,1-2H3. The Morgan fingerprint density at radius 2 is 1.83 bits per heavy atom. The summed E-state index contributed by atoms with van der Waals surface area (Å²) in [5.74, 6) is -0.335. The van der Waals surface area contributed by atoms with Crippen molar-refractivity contribution in [2.45, 2.75) is 20.4 Å². The Morgan fingerprint density at radius 1 is 1.04 bits per heavy atom. The van der Waals surface area contributed by atoms with Gasteiger partial charge in [-0.15, -0.1) is 0 Å². The van der Waals surface area contributed by atoms with E-state index in [1.54, 1.807) is 24.3 Å². The lowest BCUT2D eigenvalue weighted by molar-refractivity contribution is 0.573. The summed E-state index contributed by atoms with van der Waals surface area (Å²) in [5.41, 5.74) is 4.14. The van der Waals surface area contributed by atoms with Crippen LogP contribution in [0.4, 0.5) is 4.39 Å². The van der Waals surface area contributed by atoms with Crippen LogP contribution < -0.4 is 5.56 Å². The third-order valence-corrected chi connectivity index (χ3v) is 3.80. The van der Waals surface area contributed by atoms with Gasteiger partial charge in [-0.1, -0.05) is 42.0 Å². The second kappa shape index (κ2) is 6.16. The van der Waals surface area contributed by atoms with Gasteiger partial charge in [0.05, 0.1) is 12.2 Å². The van der Waals surface area contributed by atoms with Gasteiger partial charge < -0.3 is 0 Å². The quantitative estimate of drug-likeness (QED) is 0.739. The van der Waals surface area contributed by atoms with Gasteiger partial charge in [-0.2, -0.15) is 5.10 Å². The maximum Gasteiger partial charge on any atom is 0.267 e. The molecular weight excluding hydrogens is 291 g/mol. The van der Waals surface area contributed by atoms with E-state index in [2.05, 4.69) is 11.2 Å². The monoisotopic (exact) mass is 308 g/mol. The molecule has 0 N–H and O–H groups in total. The molecule has 4 heteroatoms. The summed E-state index contributed by atoms with van der Waals surface area (Å²) in [6.45, 7) is 4.16. The second-order valence-corrected chi connectivity index (χ2v) is 5.62. The fourth-order valence-corrected chi connectivity index (χ4v) is 2.59. The zero-order valence-corrected chi connectivity index (χ0v) is 13.1. The number of aryl methyl sites for hydroxylation is 2. The Balaban J connectivity index is 2.03. The van der Waals surface area contributed by atoms with E-state index in [9.17, 15) is 9.18 Å². The van der Waals surface area contributed by atoms with Crippen LogP contribution in [-0.4, -0.2) is 9.78 Å². The number of nitrogens with zero attached hydrogens (tertiary/aromatic N) is 2. The van der Waals surface area contributed by atoms with Crippen molar-refractivity contribution in [3.05, 3.63) is 87.5 Å². The lowest BCUT2D eigenvalue weighted by Crippen LogP contribution is -2.23. The van der Waals surface area contributed by atoms with Gasteiger partial charge in [-0.25, -0.2) is 9.07 Å². The largest absolute Gasteiger partial charge is 0.268 e. The molecule has 0 bridgehead atoms. The first-order valence-electron chi connectivity index (χ1n) is 7.44. The molecule has 0 fully saturated rings. The minimum absolute atomic E-state index is 0.115. The lowest BCUT2D eigenvalue weighted by atomic mass is 10.0. The van der Waals surface area contributed by atoms with Crippen molar-refractivity contribution < 1.29 is 4.39 Å². The molecule has 0 saturated heterocycles. The molecule has 23 heavy (non-hydrogen) atoms. The first kappa shape index (κ1) is 15.2. The van der Waals surface area contributed by atoms with E-state index in [1.165, 1.54) is 22.4 Å². The SMILES string of the molecule is Cc1ccc(-c2ccc(=O)n(Cc3ccccc3F)n2)c(C)c1. The first-order chi connectivity index (χ1) is 11.0. The molecular formula is C19H17FN2O. The van der Waals surface area contributed by atoms with E-state index in [-0.39, 0.29) is 17.9 Å². The van der Waals surface area contributed by atoms with Crippen molar-refractivity contribution in [1.82, 2.24) is 9.78 Å². The number of benzene rings is 2. The average molecular weight is 308 g/mol. The average Bonchev–Trinajstić information content (AvgIpc) is 2.52. The Bertz CT molecular complexity index is 915. The summed E-state index contributed by atoms with van der Waals surface area (Å²) in [5, 5.41) is 4.41. The van der Waals surface area contributed by atoms with Crippen molar-refractivity contribution in [1.29, 1.82) is 0 Å². The molecule has 0 atom stereocenters. The molecule has 0 aliphatic rings. The number of rotatable bonds is 3. The van der Waals surface area contributed by atoms with Crippen LogP contribution in [0.15, 0.2) is 59.4 Å². The van der Waals surface area contributed by atoms with Crippen molar-refractivity contribution in [3.8, 4) is 11.3 Å². The molecule has 3 nitrogen and oxygen atoms in total. The molecule has 3 aromatic rings. The van der Waals surface area contributed by atoms with E-state index in [0.717, 1.165) is 11.1 Å². The maximum absolute atomic E-state index is 13.8. The van der Waals surface area contributed by atoms with Gasteiger partial charge >= 0.3 is 0 Å². The summed E-state index contributed by atoms with van der Waals surface area (Å²) >= 11 is 0. The normalized spacial score (nSPS) is 10.7. The minimum Gasteiger partial charge on any atom is -0.268 e. The molecule has 0 amide bonds. The van der Waals surface area contributed by atoms with Gasteiger partial charge in [0, 0.05) is 17.2 Å². The van der Waals surface area contributed by atoms with Crippen LogP contribution in [0.3, 0.4) is 0 Å². The zero-order valence-electron chi connectivity index (χ0n) is 13.1. The zero-order chi connectivity index (χ0) is 16.4. The third kappa shape index (κ3) is 3.21. The molecule has 1 heterocycles. The van der Waals surface area contributed by atoms with Gasteiger partial charge in [0.15, 0.2) is 0 Å². The molecule has 3 rings (SSSR count). The molecule has 0 aliphatic heterocycles. The molecule has 0 unspecified atom stereocenters. The lowest BCUT2D eigenvalue weighted by Gasteiger charge is -2.10. The van der Waals surface area contributed by atoms with Gasteiger partial charge in [0.2, 0.25) is 0 Å². The van der Waals surface area contributed by atoms with Gasteiger partial charge in [0.1, 0.15) is 5.82 Å². The summed E-state index contributed by atoms with van der Waals surface area (Å²) in [6.07, 6.45) is 0. The summed E-state index contributed by atoms with van der Waals surface area (Å²) in [7, 11) is 0. The topological polar surface area (TPSA) is 34.9 Å². The summed E-state index contributed by atoms with van der Waals surface area (Å²) < 4.78 is 15.1. The smallest absolute Gasteiger partial charge is 0.267 e. The maximum atomic E-state index is 13.8. The Kier molecular flexibility index (Phi) is 4.06. The third-order valence-electron chi connectivity index (χ3n) is 3.80. The van der Waals surface area contributed by atoms with Crippen molar-refractivity contribution in [3.63, 3.8) is 0 Å². The first-order valence-corrected chi connectivity index (χ1v) is 7.44. The van der Waals surface area contributed by atoms with E-state index in [0.29, 0.717) is 11.3 Å². The predicted octanol–water partition coefficient (Wildman–Crippen LogP) is 3.71. The fraction of sp³-hybridized carbons (Fsp3) is 0.158. The highest BCUT2D eigenvalue weighted by Gasteiger charge is 2.08. The van der Waals surface area contributed by atoms with Crippen molar-refractivity contribution >= 4 is 0 Å². The molecule has 1 aromatic heterocycles. The summed E-state index contributed by atoms with van der Waals surface area (Å²) in [6, 6.07) is 15.7. The number of hydrogen-bond acceptors (Lipinski definition) is 2. The Hall–Kier alpha value is -2.75. The molecule has 0 saturated carbocycles. The van der Waals surface area contributed by atoms with Crippen LogP contribution in [0.1, 0.15) is 16.7 Å². The van der Waals surface area contributed by atoms with Crippen LogP contribution in [0.5, 0.6) is 0 Å². The van der Waals surface area contributed by atoms with Gasteiger partial charge in [-0.05, 0) is 31.5 Å². The van der Waals surface area contributed by atoms with Crippen LogP contribution in [0, 0.1) is 19.7 Å². The summed E-state index contributed by atoms with van der Waals surface area (Å²) in [4.78, 5) is 12.0. The number of aromatic nitrogens is 2. The predicted molar refractivity (Wildman–Crippen MR) is 88.9 cm³/mol. The Labute approximate surface area is 134 Å². The van der Waals surface area contributed by atoms with E-state index in [4.69, 9.17) is 0 Å². The van der Waals surface area contributed by atoms with Crippen molar-refractivity contribution in [2.24, 2.45) is 0 Å². The van der Waals surface area contributed by atoms with Crippen molar-refractivity contribution in [2.75, 3.05) is 0 Å². The number of hydrogen-bond donors (Lipinski definition) is 0. The van der Waals surface area contributed by atoms with Crippen LogP contribution in [0.2, 0.25) is 0 Å². The van der Waals surface area contributed by atoms with Gasteiger partial charge in [-0.3, -0.25) is 4.79 Å². The van der Waals surface area contributed by atoms with E-state index < -0.39 is 0 Å². The van der Waals surface area contributed by atoms with Crippen LogP contribution in [-0.2, 0) is 6.54 Å². The molecule has 0 spiro atoms. The molecule has 0 aliphatic carbocycles. The van der Waals surface area contributed by atoms with Crippen LogP contribution >= 0.6 is 0 Å². The molecule has 2 aromatic carbocycles. The number of halogens is 1. The second-order valence-electron chi connectivity index (χ2n) is 5.62. The Morgan fingerprint density at radius 3 is 2.57 bits per heavy atom. The molecule has 0 radical (unpaired) electrons. The van der Waals surface area contributed by atoms with E-state index >= 15 is 0 Å².